The van der Waals surface area contributed by atoms with E-state index in [9.17, 15) is 18.7 Å². The van der Waals surface area contributed by atoms with Crippen LogP contribution in [0.1, 0.15) is 12.8 Å². The van der Waals surface area contributed by atoms with Crippen LogP contribution in [-0.2, 0) is 4.74 Å². The molecule has 0 aliphatic carbocycles. The van der Waals surface area contributed by atoms with Gasteiger partial charge in [0.15, 0.2) is 0 Å². The van der Waals surface area contributed by atoms with Crippen molar-refractivity contribution in [2.75, 3.05) is 25.1 Å². The molecule has 2 rings (SSSR count). The van der Waals surface area contributed by atoms with Crippen molar-refractivity contribution in [2.45, 2.75) is 18.4 Å². The van der Waals surface area contributed by atoms with Gasteiger partial charge < -0.3 is 20.5 Å². The first-order valence-corrected chi connectivity index (χ1v) is 6.29. The van der Waals surface area contributed by atoms with E-state index >= 15 is 0 Å². The lowest BCUT2D eigenvalue weighted by molar-refractivity contribution is -0.0598. The molecule has 1 fully saturated rings. The lowest BCUT2D eigenvalue weighted by atomic mass is 9.94. The van der Waals surface area contributed by atoms with Crippen molar-refractivity contribution in [1.29, 1.82) is 0 Å². The Kier molecular flexibility index (Phi) is 4.51. The maximum atomic E-state index is 13.3. The Labute approximate surface area is 114 Å². The summed E-state index contributed by atoms with van der Waals surface area (Å²) < 4.78 is 31.4. The van der Waals surface area contributed by atoms with Gasteiger partial charge in [-0.15, -0.1) is 0 Å². The van der Waals surface area contributed by atoms with Crippen molar-refractivity contribution in [3.63, 3.8) is 0 Å². The van der Waals surface area contributed by atoms with E-state index in [-0.39, 0.29) is 12.2 Å². The molecule has 5 nitrogen and oxygen atoms in total. The molecule has 1 aliphatic rings. The molecule has 0 saturated carbocycles. The summed E-state index contributed by atoms with van der Waals surface area (Å²) >= 11 is 0. The number of amides is 2. The van der Waals surface area contributed by atoms with Crippen LogP contribution in [0.15, 0.2) is 18.2 Å². The molecule has 2 amide bonds. The molecule has 3 N–H and O–H groups in total. The van der Waals surface area contributed by atoms with Gasteiger partial charge in [-0.3, -0.25) is 0 Å². The average Bonchev–Trinajstić information content (AvgIpc) is 2.42. The maximum absolute atomic E-state index is 13.3. The minimum Gasteiger partial charge on any atom is -0.388 e. The minimum atomic E-state index is -1.02. The van der Waals surface area contributed by atoms with Gasteiger partial charge in [0.05, 0.1) is 11.3 Å². The Morgan fingerprint density at radius 1 is 1.35 bits per heavy atom. The predicted octanol–water partition coefficient (Wildman–Crippen LogP) is 1.63. The number of ether oxygens (including phenoxy) is 1. The SMILES string of the molecule is O=C(NCC1(O)CCOCC1)Nc1cc(F)ccc1F. The number of urea groups is 1. The summed E-state index contributed by atoms with van der Waals surface area (Å²) in [5.74, 6) is -1.38. The smallest absolute Gasteiger partial charge is 0.319 e. The molecule has 1 saturated heterocycles. The van der Waals surface area contributed by atoms with E-state index in [0.717, 1.165) is 18.2 Å². The number of nitrogens with one attached hydrogen (secondary N) is 2. The molecule has 7 heteroatoms. The highest BCUT2D eigenvalue weighted by Gasteiger charge is 2.30. The quantitative estimate of drug-likeness (QED) is 0.791. The number of aliphatic hydroxyl groups is 1. The Morgan fingerprint density at radius 3 is 2.75 bits per heavy atom. The second-order valence-corrected chi connectivity index (χ2v) is 4.77. The van der Waals surface area contributed by atoms with Crippen LogP contribution in [0.5, 0.6) is 0 Å². The van der Waals surface area contributed by atoms with E-state index in [0.29, 0.717) is 26.1 Å². The molecule has 110 valence electrons. The molecule has 1 aromatic rings. The fraction of sp³-hybridized carbons (Fsp3) is 0.462. The summed E-state index contributed by atoms with van der Waals surface area (Å²) in [5, 5.41) is 14.8. The van der Waals surface area contributed by atoms with Gasteiger partial charge in [-0.2, -0.15) is 0 Å². The third-order valence-corrected chi connectivity index (χ3v) is 3.18. The number of carbonyl (C=O) groups excluding carboxylic acids is 1. The highest BCUT2D eigenvalue weighted by atomic mass is 19.1. The van der Waals surface area contributed by atoms with Gasteiger partial charge in [-0.05, 0) is 12.1 Å². The van der Waals surface area contributed by atoms with Crippen LogP contribution in [-0.4, -0.2) is 36.5 Å². The number of hydrogen-bond donors (Lipinski definition) is 3. The van der Waals surface area contributed by atoms with E-state index in [1.165, 1.54) is 0 Å². The normalized spacial score (nSPS) is 17.6. The molecule has 0 aromatic heterocycles. The second-order valence-electron chi connectivity index (χ2n) is 4.77. The van der Waals surface area contributed by atoms with Gasteiger partial charge in [-0.1, -0.05) is 0 Å². The molecule has 0 radical (unpaired) electrons. The first kappa shape index (κ1) is 14.7. The van der Waals surface area contributed by atoms with E-state index in [2.05, 4.69) is 10.6 Å². The number of anilines is 1. The third-order valence-electron chi connectivity index (χ3n) is 3.18. The Morgan fingerprint density at radius 2 is 2.05 bits per heavy atom. The number of rotatable bonds is 3. The molecular weight excluding hydrogens is 270 g/mol. The zero-order valence-corrected chi connectivity index (χ0v) is 10.8. The molecule has 1 aliphatic heterocycles. The lowest BCUT2D eigenvalue weighted by Gasteiger charge is -2.32. The number of benzene rings is 1. The van der Waals surface area contributed by atoms with Crippen molar-refractivity contribution in [1.82, 2.24) is 5.32 Å². The monoisotopic (exact) mass is 286 g/mol. The summed E-state index contributed by atoms with van der Waals surface area (Å²) in [6.07, 6.45) is 0.837. The van der Waals surface area contributed by atoms with Crippen LogP contribution in [0, 0.1) is 11.6 Å². The van der Waals surface area contributed by atoms with Gasteiger partial charge in [0, 0.05) is 38.7 Å². The number of halogens is 2. The van der Waals surface area contributed by atoms with Crippen LogP contribution < -0.4 is 10.6 Å². The van der Waals surface area contributed by atoms with Crippen molar-refractivity contribution >= 4 is 11.7 Å². The fourth-order valence-electron chi connectivity index (χ4n) is 1.93. The number of hydrogen-bond acceptors (Lipinski definition) is 3. The molecule has 20 heavy (non-hydrogen) atoms. The highest BCUT2D eigenvalue weighted by molar-refractivity contribution is 5.89. The molecule has 0 atom stereocenters. The van der Waals surface area contributed by atoms with Crippen LogP contribution in [0.25, 0.3) is 0 Å². The molecule has 1 aromatic carbocycles. The van der Waals surface area contributed by atoms with Gasteiger partial charge in [-0.25, -0.2) is 13.6 Å². The van der Waals surface area contributed by atoms with Gasteiger partial charge in [0.2, 0.25) is 0 Å². The first-order valence-electron chi connectivity index (χ1n) is 6.29. The third kappa shape index (κ3) is 3.88. The second kappa shape index (κ2) is 6.15. The molecule has 0 bridgehead atoms. The predicted molar refractivity (Wildman–Crippen MR) is 68.4 cm³/mol. The fourth-order valence-corrected chi connectivity index (χ4v) is 1.93. The summed E-state index contributed by atoms with van der Waals surface area (Å²) in [4.78, 5) is 11.6. The Hall–Kier alpha value is -1.73. The first-order chi connectivity index (χ1) is 9.48. The van der Waals surface area contributed by atoms with Crippen molar-refractivity contribution in [3.8, 4) is 0 Å². The van der Waals surface area contributed by atoms with Crippen LogP contribution in [0.2, 0.25) is 0 Å². The summed E-state index contributed by atoms with van der Waals surface area (Å²) in [5.41, 5.74) is -1.27. The van der Waals surface area contributed by atoms with Crippen LogP contribution in [0.3, 0.4) is 0 Å². The van der Waals surface area contributed by atoms with Crippen molar-refractivity contribution in [2.24, 2.45) is 0 Å². The minimum absolute atomic E-state index is 0.0269. The standard InChI is InChI=1S/C13H16F2N2O3/c14-9-1-2-10(15)11(7-9)17-12(18)16-8-13(19)3-5-20-6-4-13/h1-2,7,19H,3-6,8H2,(H2,16,17,18). The molecule has 1 heterocycles. The maximum Gasteiger partial charge on any atom is 0.319 e. The lowest BCUT2D eigenvalue weighted by Crippen LogP contribution is -2.47. The van der Waals surface area contributed by atoms with E-state index in [4.69, 9.17) is 4.74 Å². The van der Waals surface area contributed by atoms with Gasteiger partial charge in [0.1, 0.15) is 11.6 Å². The van der Waals surface area contributed by atoms with E-state index in [1.807, 2.05) is 0 Å². The zero-order chi connectivity index (χ0) is 14.6. The van der Waals surface area contributed by atoms with Crippen LogP contribution >= 0.6 is 0 Å². The van der Waals surface area contributed by atoms with Gasteiger partial charge >= 0.3 is 6.03 Å². The average molecular weight is 286 g/mol. The van der Waals surface area contributed by atoms with Crippen LogP contribution in [0.4, 0.5) is 19.3 Å². The van der Waals surface area contributed by atoms with E-state index in [1.54, 1.807) is 0 Å². The zero-order valence-electron chi connectivity index (χ0n) is 10.8. The Bertz CT molecular complexity index is 491. The topological polar surface area (TPSA) is 70.6 Å². The molecule has 0 spiro atoms. The van der Waals surface area contributed by atoms with E-state index < -0.39 is 23.3 Å². The Balaban J connectivity index is 1.87. The number of carbonyl (C=O) groups is 1. The van der Waals surface area contributed by atoms with Crippen molar-refractivity contribution in [3.05, 3.63) is 29.8 Å². The largest absolute Gasteiger partial charge is 0.388 e. The van der Waals surface area contributed by atoms with Crippen molar-refractivity contribution < 1.29 is 23.4 Å². The van der Waals surface area contributed by atoms with Gasteiger partial charge in [0.25, 0.3) is 0 Å². The summed E-state index contributed by atoms with van der Waals surface area (Å²) in [7, 11) is 0. The highest BCUT2D eigenvalue weighted by Crippen LogP contribution is 2.19. The summed E-state index contributed by atoms with van der Waals surface area (Å²) in [6, 6.07) is 2.08. The summed E-state index contributed by atoms with van der Waals surface area (Å²) in [6.45, 7) is 0.885. The molecule has 0 unspecified atom stereocenters. The molecular formula is C13H16F2N2O3.